The molecule has 2 aliphatic heterocycles. The third kappa shape index (κ3) is 22.3. The minimum atomic E-state index is -1.05. The molecule has 22 heteroatoms. The van der Waals surface area contributed by atoms with Gasteiger partial charge in [-0.2, -0.15) is 0 Å². The van der Waals surface area contributed by atoms with Gasteiger partial charge in [-0.3, -0.25) is 52.9 Å². The molecule has 4 rings (SSSR count). The predicted molar refractivity (Wildman–Crippen MR) is 328 cm³/mol. The van der Waals surface area contributed by atoms with Gasteiger partial charge in [0.15, 0.2) is 0 Å². The number of aliphatic carboxylic acids is 1. The summed E-state index contributed by atoms with van der Waals surface area (Å²) in [5, 5.41) is 20.9. The number of ether oxygens (including phenoxy) is 2. The summed E-state index contributed by atoms with van der Waals surface area (Å²) in [7, 11) is 8.44. The van der Waals surface area contributed by atoms with E-state index in [1.807, 2.05) is 90.9 Å². The van der Waals surface area contributed by atoms with Crippen LogP contribution in [0.5, 0.6) is 0 Å². The summed E-state index contributed by atoms with van der Waals surface area (Å²) in [5.41, 5.74) is 4.61. The van der Waals surface area contributed by atoms with E-state index < -0.39 is 72.0 Å². The Morgan fingerprint density at radius 3 is 1.95 bits per heavy atom. The van der Waals surface area contributed by atoms with Crippen molar-refractivity contribution >= 4 is 58.9 Å². The quantitative estimate of drug-likeness (QED) is 0.0352. The molecule has 2 aromatic carbocycles. The van der Waals surface area contributed by atoms with Gasteiger partial charge in [0.05, 0.1) is 55.2 Å². The minimum absolute atomic E-state index is 0.00778. The lowest BCUT2D eigenvalue weighted by Crippen LogP contribution is -2.59. The number of hydroxylamine groups is 1. The fraction of sp³-hybridized carbons (Fsp3) is 0.672. The number of piperidine rings is 1. The van der Waals surface area contributed by atoms with Crippen LogP contribution in [0, 0.1) is 29.6 Å². The summed E-state index contributed by atoms with van der Waals surface area (Å²) >= 11 is 0. The first-order chi connectivity index (χ1) is 40.9. The number of amides is 8. The standard InChI is InChI=1S/C64H101N9O13/c1-13-43(6)58(71(10)63(81)56(41(2)3)68-62(80)57(42(4)5)70(8)9)51(84-11)39-55(77)73-35-21-24-50(73)59(85-12)44(7)60(78)67-49(38-45-22-16-14-17-23-45)61(79)69-86-40-46-28-30-48(31-29-46)66-53(75)25-18-15-19-34-65-52(74)26-20-27-54(76)72-36-32-47(33-37-72)64(82)83/h14,16-17,22-23,28-31,41-44,47,49-51,56-59H,13,15,18-21,24-27,32-40H2,1-12H3,(H,65,74)(H,66,75)(H,67,78)(H,68,80)(H,69,79)(H,82,83)/t43-,44+,49-,50-,51+,56-,57-,58-,59+/m0/s1. The zero-order valence-corrected chi connectivity index (χ0v) is 53.2. The van der Waals surface area contributed by atoms with Crippen LogP contribution in [0.2, 0.25) is 0 Å². The second kappa shape index (κ2) is 36.6. The van der Waals surface area contributed by atoms with Crippen LogP contribution < -0.4 is 26.7 Å². The molecule has 0 saturated carbocycles. The molecule has 9 atom stereocenters. The predicted octanol–water partition coefficient (Wildman–Crippen LogP) is 5.72. The molecule has 2 aromatic rings. The minimum Gasteiger partial charge on any atom is -0.481 e. The number of rotatable bonds is 36. The highest BCUT2D eigenvalue weighted by atomic mass is 16.7. The second-order valence-corrected chi connectivity index (χ2v) is 24.2. The summed E-state index contributed by atoms with van der Waals surface area (Å²) in [6, 6.07) is 13.0. The SMILES string of the molecule is CC[C@H](C)[C@@H]([C@@H](CC(=O)N1CCC[C@H]1[C@H](OC)[C@@H](C)C(=O)N[C@@H](Cc1ccccc1)C(=O)NOCc1ccc(NC(=O)CCCCCNC(=O)CCCC(=O)N2CCC(C(=O)O)CC2)cc1)OC)N(C)C(=O)[C@@H](NC(=O)[C@H](C(C)C)N(C)C)C(C)C. The van der Waals surface area contributed by atoms with Crippen LogP contribution in [-0.2, 0) is 70.5 Å². The van der Waals surface area contributed by atoms with E-state index >= 15 is 0 Å². The number of carboxylic acid groups (broad SMARTS) is 1. The van der Waals surface area contributed by atoms with Crippen molar-refractivity contribution in [3.05, 3.63) is 65.7 Å². The van der Waals surface area contributed by atoms with Crippen LogP contribution >= 0.6 is 0 Å². The highest BCUT2D eigenvalue weighted by Gasteiger charge is 2.44. The van der Waals surface area contributed by atoms with E-state index in [9.17, 15) is 43.2 Å². The summed E-state index contributed by atoms with van der Waals surface area (Å²) in [5.74, 6) is -4.43. The van der Waals surface area contributed by atoms with Gasteiger partial charge in [0, 0.05) is 78.8 Å². The lowest BCUT2D eigenvalue weighted by Gasteiger charge is -2.41. The van der Waals surface area contributed by atoms with E-state index in [0.29, 0.717) is 95.2 Å². The monoisotopic (exact) mass is 1200 g/mol. The Bertz CT molecular complexity index is 2480. The molecule has 22 nitrogen and oxygen atoms in total. The number of likely N-dealkylation sites (N-methyl/N-ethyl adjacent to an activating group) is 2. The topological polar surface area (TPSA) is 275 Å². The van der Waals surface area contributed by atoms with Gasteiger partial charge in [-0.05, 0) is 100 Å². The van der Waals surface area contributed by atoms with Gasteiger partial charge in [0.2, 0.25) is 41.4 Å². The van der Waals surface area contributed by atoms with E-state index in [4.69, 9.17) is 19.4 Å². The lowest BCUT2D eigenvalue weighted by atomic mass is 9.89. The normalized spacial score (nSPS) is 17.4. The summed E-state index contributed by atoms with van der Waals surface area (Å²) in [6.07, 6.45) is 4.73. The molecule has 480 valence electrons. The first kappa shape index (κ1) is 72.0. The highest BCUT2D eigenvalue weighted by Crippen LogP contribution is 2.30. The number of hydrogen-bond acceptors (Lipinski definition) is 13. The molecule has 8 amide bonds. The fourth-order valence-electron chi connectivity index (χ4n) is 11.8. The van der Waals surface area contributed by atoms with Gasteiger partial charge in [0.1, 0.15) is 12.1 Å². The molecule has 0 spiro atoms. The smallest absolute Gasteiger partial charge is 0.306 e. The van der Waals surface area contributed by atoms with Gasteiger partial charge < -0.3 is 50.5 Å². The molecule has 2 saturated heterocycles. The molecular weight excluding hydrogens is 1100 g/mol. The average molecular weight is 1200 g/mol. The Morgan fingerprint density at radius 2 is 1.36 bits per heavy atom. The number of carbonyl (C=O) groups is 9. The number of nitrogens with one attached hydrogen (secondary N) is 5. The summed E-state index contributed by atoms with van der Waals surface area (Å²) < 4.78 is 12.1. The van der Waals surface area contributed by atoms with E-state index in [-0.39, 0.29) is 85.5 Å². The number of carbonyl (C=O) groups excluding carboxylic acids is 8. The number of carboxylic acids is 1. The molecule has 0 radical (unpaired) electrons. The Balaban J connectivity index is 1.27. The molecule has 6 N–H and O–H groups in total. The Hall–Kier alpha value is -6.49. The molecular formula is C64H101N9O13. The molecule has 0 bridgehead atoms. The Morgan fingerprint density at radius 1 is 0.698 bits per heavy atom. The second-order valence-electron chi connectivity index (χ2n) is 24.2. The van der Waals surface area contributed by atoms with Crippen LogP contribution in [0.15, 0.2) is 54.6 Å². The third-order valence-corrected chi connectivity index (χ3v) is 16.9. The highest BCUT2D eigenvalue weighted by molar-refractivity contribution is 5.91. The number of likely N-dealkylation sites (tertiary alicyclic amines) is 2. The van der Waals surface area contributed by atoms with Crippen molar-refractivity contribution in [2.24, 2.45) is 29.6 Å². The summed E-state index contributed by atoms with van der Waals surface area (Å²) in [4.78, 5) is 132. The van der Waals surface area contributed by atoms with E-state index in [1.54, 1.807) is 52.9 Å². The maximum Gasteiger partial charge on any atom is 0.306 e. The van der Waals surface area contributed by atoms with Crippen LogP contribution in [0.1, 0.15) is 143 Å². The number of anilines is 1. The Kier molecular flexibility index (Phi) is 30.6. The molecule has 2 fully saturated rings. The lowest BCUT2D eigenvalue weighted by molar-refractivity contribution is -0.148. The number of nitrogens with zero attached hydrogens (tertiary/aromatic N) is 4. The van der Waals surface area contributed by atoms with Crippen molar-refractivity contribution in [3.63, 3.8) is 0 Å². The van der Waals surface area contributed by atoms with Gasteiger partial charge in [-0.25, -0.2) is 5.48 Å². The van der Waals surface area contributed by atoms with Crippen molar-refractivity contribution < 1.29 is 62.6 Å². The number of methoxy groups -OCH3 is 2. The largest absolute Gasteiger partial charge is 0.481 e. The van der Waals surface area contributed by atoms with E-state index in [0.717, 1.165) is 12.0 Å². The van der Waals surface area contributed by atoms with Gasteiger partial charge in [-0.15, -0.1) is 0 Å². The van der Waals surface area contributed by atoms with Crippen molar-refractivity contribution in [2.45, 2.75) is 187 Å². The van der Waals surface area contributed by atoms with Gasteiger partial charge in [-0.1, -0.05) is 104 Å². The zero-order valence-electron chi connectivity index (χ0n) is 53.2. The van der Waals surface area contributed by atoms with Crippen LogP contribution in [0.4, 0.5) is 5.69 Å². The Labute approximate surface area is 510 Å². The van der Waals surface area contributed by atoms with Crippen LogP contribution in [0.25, 0.3) is 0 Å². The molecule has 2 aliphatic rings. The molecule has 86 heavy (non-hydrogen) atoms. The van der Waals surface area contributed by atoms with Crippen LogP contribution in [0.3, 0.4) is 0 Å². The van der Waals surface area contributed by atoms with Crippen molar-refractivity contribution in [2.75, 3.05) is 66.9 Å². The van der Waals surface area contributed by atoms with Gasteiger partial charge in [0.25, 0.3) is 5.91 Å². The molecule has 0 unspecified atom stereocenters. The number of unbranched alkanes of at least 4 members (excludes halogenated alkanes) is 2. The average Bonchev–Trinajstić information content (AvgIpc) is 2.49. The zero-order chi connectivity index (χ0) is 63.6. The molecule has 0 aromatic heterocycles. The van der Waals surface area contributed by atoms with Gasteiger partial charge >= 0.3 is 5.97 Å². The van der Waals surface area contributed by atoms with Crippen molar-refractivity contribution in [1.82, 2.24) is 41.0 Å². The van der Waals surface area contributed by atoms with Crippen molar-refractivity contribution in [3.8, 4) is 0 Å². The number of benzene rings is 2. The van der Waals surface area contributed by atoms with Crippen LogP contribution in [-0.4, -0.2) is 182 Å². The maximum atomic E-state index is 14.5. The third-order valence-electron chi connectivity index (χ3n) is 16.9. The van der Waals surface area contributed by atoms with E-state index in [2.05, 4.69) is 26.7 Å². The summed E-state index contributed by atoms with van der Waals surface area (Å²) in [6.45, 7) is 15.2. The maximum absolute atomic E-state index is 14.5. The number of hydrogen-bond donors (Lipinski definition) is 6. The molecule has 2 heterocycles. The first-order valence-electron chi connectivity index (χ1n) is 30.9. The molecule has 0 aliphatic carbocycles. The fourth-order valence-corrected chi connectivity index (χ4v) is 11.8. The van der Waals surface area contributed by atoms with Crippen molar-refractivity contribution in [1.29, 1.82) is 0 Å². The van der Waals surface area contributed by atoms with E-state index in [1.165, 1.54) is 14.2 Å². The first-order valence-corrected chi connectivity index (χ1v) is 30.9.